The van der Waals surface area contributed by atoms with Crippen molar-refractivity contribution in [3.63, 3.8) is 0 Å². The van der Waals surface area contributed by atoms with Crippen molar-refractivity contribution in [1.29, 1.82) is 0 Å². The van der Waals surface area contributed by atoms with Crippen molar-refractivity contribution in [2.75, 3.05) is 7.11 Å². The highest BCUT2D eigenvalue weighted by Gasteiger charge is 2.16. The first-order chi connectivity index (χ1) is 7.95. The summed E-state index contributed by atoms with van der Waals surface area (Å²) in [5.74, 6) is -2.18. The van der Waals surface area contributed by atoms with Crippen molar-refractivity contribution in [3.8, 4) is 5.75 Å². The van der Waals surface area contributed by atoms with E-state index in [4.69, 9.17) is 9.47 Å². The number of benzene rings is 1. The van der Waals surface area contributed by atoms with E-state index in [1.165, 1.54) is 7.11 Å². The molecule has 5 heteroatoms. The molecule has 0 N–H and O–H groups in total. The molecular weight excluding hydrogens is 227 g/mol. The van der Waals surface area contributed by atoms with Crippen LogP contribution < -0.4 is 9.84 Å². The fourth-order valence-corrected chi connectivity index (χ4v) is 1.30. The third kappa shape index (κ3) is 3.42. The lowest BCUT2D eigenvalue weighted by Gasteiger charge is -2.21. The normalized spacial score (nSPS) is 12.5. The topological polar surface area (TPSA) is 58.6 Å². The monoisotopic (exact) mass is 241 g/mol. The zero-order valence-electron chi connectivity index (χ0n) is 9.90. The number of carbonyl (C=O) groups is 1. The van der Waals surface area contributed by atoms with E-state index in [-0.39, 0.29) is 17.2 Å². The van der Waals surface area contributed by atoms with Gasteiger partial charge in [-0.15, -0.1) is 0 Å². The Bertz CT molecular complexity index is 403. The van der Waals surface area contributed by atoms with Crippen molar-refractivity contribution in [3.05, 3.63) is 29.6 Å². The average molecular weight is 241 g/mol. The molecule has 17 heavy (non-hydrogen) atoms. The Morgan fingerprint density at radius 2 is 2.06 bits per heavy atom. The van der Waals surface area contributed by atoms with Crippen LogP contribution in [0.4, 0.5) is 4.39 Å². The van der Waals surface area contributed by atoms with Gasteiger partial charge in [0, 0.05) is 18.6 Å². The van der Waals surface area contributed by atoms with Gasteiger partial charge in [-0.3, -0.25) is 0 Å². The SMILES string of the molecule is COC(Oc1cc(C(=O)[O-])ccc1F)C(C)C. The summed E-state index contributed by atoms with van der Waals surface area (Å²) < 4.78 is 23.7. The number of ether oxygens (including phenoxy) is 2. The number of methoxy groups -OCH3 is 1. The molecule has 1 atom stereocenters. The molecule has 0 spiro atoms. The lowest BCUT2D eigenvalue weighted by Crippen LogP contribution is -2.26. The molecule has 0 saturated carbocycles. The van der Waals surface area contributed by atoms with Crippen LogP contribution in [0.1, 0.15) is 24.2 Å². The summed E-state index contributed by atoms with van der Waals surface area (Å²) >= 11 is 0. The average Bonchev–Trinajstić information content (AvgIpc) is 2.27. The van der Waals surface area contributed by atoms with Gasteiger partial charge in [-0.05, 0) is 18.2 Å². The van der Waals surface area contributed by atoms with E-state index in [1.807, 2.05) is 13.8 Å². The zero-order valence-corrected chi connectivity index (χ0v) is 9.90. The molecule has 1 rings (SSSR count). The predicted molar refractivity (Wildman–Crippen MR) is 57.0 cm³/mol. The third-order valence-corrected chi connectivity index (χ3v) is 2.19. The van der Waals surface area contributed by atoms with Gasteiger partial charge < -0.3 is 19.4 Å². The Balaban J connectivity index is 2.96. The summed E-state index contributed by atoms with van der Waals surface area (Å²) in [5.41, 5.74) is -0.139. The van der Waals surface area contributed by atoms with Crippen molar-refractivity contribution < 1.29 is 23.8 Å². The molecule has 4 nitrogen and oxygen atoms in total. The van der Waals surface area contributed by atoms with Crippen LogP contribution in [0.3, 0.4) is 0 Å². The maximum Gasteiger partial charge on any atom is 0.202 e. The van der Waals surface area contributed by atoms with Gasteiger partial charge in [-0.25, -0.2) is 4.39 Å². The minimum absolute atomic E-state index is 0.00556. The van der Waals surface area contributed by atoms with Gasteiger partial charge in [-0.1, -0.05) is 13.8 Å². The minimum atomic E-state index is -1.38. The summed E-state index contributed by atoms with van der Waals surface area (Å²) in [5, 5.41) is 10.6. The van der Waals surface area contributed by atoms with Crippen LogP contribution >= 0.6 is 0 Å². The molecule has 0 aliphatic carbocycles. The van der Waals surface area contributed by atoms with Gasteiger partial charge in [-0.2, -0.15) is 0 Å². The van der Waals surface area contributed by atoms with Gasteiger partial charge in [0.2, 0.25) is 6.29 Å². The van der Waals surface area contributed by atoms with E-state index in [0.717, 1.165) is 18.2 Å². The number of hydrogen-bond donors (Lipinski definition) is 0. The van der Waals surface area contributed by atoms with Gasteiger partial charge >= 0.3 is 0 Å². The van der Waals surface area contributed by atoms with Gasteiger partial charge in [0.25, 0.3) is 0 Å². The van der Waals surface area contributed by atoms with E-state index in [1.54, 1.807) is 0 Å². The highest BCUT2D eigenvalue weighted by Crippen LogP contribution is 2.22. The van der Waals surface area contributed by atoms with Gasteiger partial charge in [0.05, 0.1) is 5.97 Å². The van der Waals surface area contributed by atoms with Crippen LogP contribution in [-0.4, -0.2) is 19.4 Å². The number of carboxylic acid groups (broad SMARTS) is 1. The van der Waals surface area contributed by atoms with E-state index >= 15 is 0 Å². The quantitative estimate of drug-likeness (QED) is 0.727. The molecule has 1 aromatic carbocycles. The van der Waals surface area contributed by atoms with Gasteiger partial charge in [0.1, 0.15) is 0 Å². The minimum Gasteiger partial charge on any atom is -0.545 e. The summed E-state index contributed by atoms with van der Waals surface area (Å²) in [7, 11) is 1.44. The highest BCUT2D eigenvalue weighted by molar-refractivity contribution is 5.86. The van der Waals surface area contributed by atoms with Crippen LogP contribution in [0.25, 0.3) is 0 Å². The summed E-state index contributed by atoms with van der Waals surface area (Å²) in [4.78, 5) is 10.6. The Morgan fingerprint density at radius 1 is 1.41 bits per heavy atom. The molecule has 0 fully saturated rings. The molecule has 0 radical (unpaired) electrons. The van der Waals surface area contributed by atoms with Crippen LogP contribution in [-0.2, 0) is 4.74 Å². The maximum absolute atomic E-state index is 13.4. The highest BCUT2D eigenvalue weighted by atomic mass is 19.1. The second-order valence-corrected chi connectivity index (χ2v) is 3.90. The first-order valence-corrected chi connectivity index (χ1v) is 5.16. The fourth-order valence-electron chi connectivity index (χ4n) is 1.30. The smallest absolute Gasteiger partial charge is 0.202 e. The Kier molecular flexibility index (Phi) is 4.45. The fraction of sp³-hybridized carbons (Fsp3) is 0.417. The number of hydrogen-bond acceptors (Lipinski definition) is 4. The maximum atomic E-state index is 13.4. The van der Waals surface area contributed by atoms with Crippen molar-refractivity contribution in [1.82, 2.24) is 0 Å². The van der Waals surface area contributed by atoms with Crippen molar-refractivity contribution in [2.45, 2.75) is 20.1 Å². The first kappa shape index (κ1) is 13.4. The predicted octanol–water partition coefficient (Wildman–Crippen LogP) is 1.20. The zero-order chi connectivity index (χ0) is 13.0. The molecule has 0 aliphatic heterocycles. The number of rotatable bonds is 5. The number of carbonyl (C=O) groups excluding carboxylic acids is 1. The summed E-state index contributed by atoms with van der Waals surface area (Å²) in [6, 6.07) is 3.22. The molecule has 0 amide bonds. The number of halogens is 1. The molecule has 1 unspecified atom stereocenters. The molecule has 0 saturated heterocycles. The van der Waals surface area contributed by atoms with Crippen LogP contribution in [0, 0.1) is 11.7 Å². The molecular formula is C12H14FO4-. The second-order valence-electron chi connectivity index (χ2n) is 3.90. The third-order valence-electron chi connectivity index (χ3n) is 2.19. The molecule has 0 aliphatic rings. The molecule has 0 heterocycles. The molecule has 94 valence electrons. The number of carboxylic acids is 1. The molecule has 0 aromatic heterocycles. The van der Waals surface area contributed by atoms with Gasteiger partial charge in [0.15, 0.2) is 11.6 Å². The lowest BCUT2D eigenvalue weighted by molar-refractivity contribution is -0.255. The van der Waals surface area contributed by atoms with E-state index in [9.17, 15) is 14.3 Å². The molecule has 1 aromatic rings. The summed E-state index contributed by atoms with van der Waals surface area (Å²) in [6.45, 7) is 3.68. The largest absolute Gasteiger partial charge is 0.545 e. The van der Waals surface area contributed by atoms with Crippen molar-refractivity contribution in [2.24, 2.45) is 5.92 Å². The van der Waals surface area contributed by atoms with E-state index in [2.05, 4.69) is 0 Å². The van der Waals surface area contributed by atoms with Crippen LogP contribution in [0.5, 0.6) is 5.75 Å². The Labute approximate surface area is 99.0 Å². The lowest BCUT2D eigenvalue weighted by atomic mass is 10.2. The van der Waals surface area contributed by atoms with E-state index < -0.39 is 18.1 Å². The Morgan fingerprint density at radius 3 is 2.53 bits per heavy atom. The standard InChI is InChI=1S/C12H15FO4/c1-7(2)12(16-3)17-10-6-8(11(14)15)4-5-9(10)13/h4-7,12H,1-3H3,(H,14,15)/p-1. The molecule has 0 bridgehead atoms. The van der Waals surface area contributed by atoms with E-state index in [0.29, 0.717) is 0 Å². The van der Waals surface area contributed by atoms with Crippen LogP contribution in [0.15, 0.2) is 18.2 Å². The Hall–Kier alpha value is -1.62. The first-order valence-electron chi connectivity index (χ1n) is 5.16. The van der Waals surface area contributed by atoms with Crippen LogP contribution in [0.2, 0.25) is 0 Å². The second kappa shape index (κ2) is 5.63. The van der Waals surface area contributed by atoms with Crippen molar-refractivity contribution >= 4 is 5.97 Å². The summed E-state index contributed by atoms with van der Waals surface area (Å²) in [6.07, 6.45) is -0.637. The number of aromatic carboxylic acids is 1.